The molecule has 0 spiro atoms. The predicted octanol–water partition coefficient (Wildman–Crippen LogP) is 6.38. The SMILES string of the molecule is Cn1nc(Nc2ccc(OCc3ccccc3)nc2OCc2ccccc2)cc1-c1ccccc1. The summed E-state index contributed by atoms with van der Waals surface area (Å²) in [6, 6.07) is 35.9. The number of ether oxygens (including phenoxy) is 2. The molecule has 0 bridgehead atoms. The van der Waals surface area contributed by atoms with E-state index < -0.39 is 0 Å². The van der Waals surface area contributed by atoms with Gasteiger partial charge in [-0.05, 0) is 22.8 Å². The second kappa shape index (κ2) is 10.6. The standard InChI is InChI=1S/C29H26N4O2/c1-33-26(24-15-9-4-10-16-24)19-27(32-33)30-25-17-18-28(34-20-22-11-5-2-6-12-22)31-29(25)35-21-23-13-7-3-8-14-23/h2-19H,20-21H2,1H3,(H,30,32). The van der Waals surface area contributed by atoms with Gasteiger partial charge in [-0.25, -0.2) is 0 Å². The fraction of sp³-hybridized carbons (Fsp3) is 0.103. The average molecular weight is 463 g/mol. The van der Waals surface area contributed by atoms with E-state index in [1.165, 1.54) is 0 Å². The van der Waals surface area contributed by atoms with Crippen LogP contribution in [0.4, 0.5) is 11.5 Å². The molecular formula is C29H26N4O2. The van der Waals surface area contributed by atoms with Gasteiger partial charge in [0, 0.05) is 19.2 Å². The Kier molecular flexibility index (Phi) is 6.71. The minimum absolute atomic E-state index is 0.391. The van der Waals surface area contributed by atoms with E-state index in [4.69, 9.17) is 9.47 Å². The van der Waals surface area contributed by atoms with E-state index in [9.17, 15) is 0 Å². The zero-order valence-electron chi connectivity index (χ0n) is 19.5. The number of benzene rings is 3. The minimum atomic E-state index is 0.391. The van der Waals surface area contributed by atoms with Crippen molar-refractivity contribution >= 4 is 11.5 Å². The van der Waals surface area contributed by atoms with Crippen LogP contribution in [0.3, 0.4) is 0 Å². The van der Waals surface area contributed by atoms with Gasteiger partial charge in [-0.1, -0.05) is 91.0 Å². The molecule has 5 rings (SSSR count). The number of nitrogens with zero attached hydrogens (tertiary/aromatic N) is 3. The molecule has 6 nitrogen and oxygen atoms in total. The van der Waals surface area contributed by atoms with Crippen molar-refractivity contribution in [2.45, 2.75) is 13.2 Å². The van der Waals surface area contributed by atoms with Crippen LogP contribution in [0.15, 0.2) is 109 Å². The highest BCUT2D eigenvalue weighted by Gasteiger charge is 2.13. The summed E-state index contributed by atoms with van der Waals surface area (Å²) in [6.07, 6.45) is 0. The summed E-state index contributed by atoms with van der Waals surface area (Å²) in [5, 5.41) is 8.00. The number of hydrogen-bond donors (Lipinski definition) is 1. The summed E-state index contributed by atoms with van der Waals surface area (Å²) in [7, 11) is 1.93. The molecule has 174 valence electrons. The van der Waals surface area contributed by atoms with Crippen LogP contribution in [-0.2, 0) is 20.3 Å². The average Bonchev–Trinajstić information content (AvgIpc) is 3.28. The lowest BCUT2D eigenvalue weighted by Crippen LogP contribution is -2.04. The lowest BCUT2D eigenvalue weighted by Gasteiger charge is -2.13. The Morgan fingerprint density at radius 1 is 0.714 bits per heavy atom. The monoisotopic (exact) mass is 462 g/mol. The quantitative estimate of drug-likeness (QED) is 0.275. The second-order valence-electron chi connectivity index (χ2n) is 8.08. The number of anilines is 2. The van der Waals surface area contributed by atoms with Gasteiger partial charge in [0.2, 0.25) is 11.8 Å². The maximum atomic E-state index is 6.12. The molecule has 3 aromatic carbocycles. The molecule has 0 aliphatic rings. The van der Waals surface area contributed by atoms with Crippen molar-refractivity contribution in [2.24, 2.45) is 7.05 Å². The third-order valence-electron chi connectivity index (χ3n) is 5.49. The van der Waals surface area contributed by atoms with Gasteiger partial charge in [-0.3, -0.25) is 4.68 Å². The van der Waals surface area contributed by atoms with E-state index in [0.29, 0.717) is 36.5 Å². The molecule has 0 fully saturated rings. The molecule has 1 N–H and O–H groups in total. The summed E-state index contributed by atoms with van der Waals surface area (Å²) in [5.74, 6) is 1.65. The zero-order valence-corrected chi connectivity index (χ0v) is 19.5. The first-order chi connectivity index (χ1) is 17.2. The number of pyridine rings is 1. The van der Waals surface area contributed by atoms with Gasteiger partial charge in [-0.15, -0.1) is 0 Å². The van der Waals surface area contributed by atoms with Crippen LogP contribution in [-0.4, -0.2) is 14.8 Å². The van der Waals surface area contributed by atoms with Gasteiger partial charge in [0.25, 0.3) is 0 Å². The van der Waals surface area contributed by atoms with Crippen LogP contribution in [0.25, 0.3) is 11.3 Å². The highest BCUT2D eigenvalue weighted by Crippen LogP contribution is 2.31. The van der Waals surface area contributed by atoms with Gasteiger partial charge in [0.05, 0.1) is 5.69 Å². The maximum absolute atomic E-state index is 6.12. The lowest BCUT2D eigenvalue weighted by molar-refractivity contribution is 0.269. The highest BCUT2D eigenvalue weighted by atomic mass is 16.5. The van der Waals surface area contributed by atoms with Crippen molar-refractivity contribution in [2.75, 3.05) is 5.32 Å². The van der Waals surface area contributed by atoms with Crippen LogP contribution in [0.5, 0.6) is 11.8 Å². The maximum Gasteiger partial charge on any atom is 0.241 e. The summed E-state index contributed by atoms with van der Waals surface area (Å²) < 4.78 is 13.9. The molecule has 0 radical (unpaired) electrons. The van der Waals surface area contributed by atoms with Crippen molar-refractivity contribution in [1.82, 2.24) is 14.8 Å². The lowest BCUT2D eigenvalue weighted by atomic mass is 10.1. The molecule has 6 heteroatoms. The minimum Gasteiger partial charge on any atom is -0.473 e. The Morgan fingerprint density at radius 2 is 1.31 bits per heavy atom. The van der Waals surface area contributed by atoms with Crippen LogP contribution >= 0.6 is 0 Å². The Labute approximate surface area is 204 Å². The number of hydrogen-bond acceptors (Lipinski definition) is 5. The Hall–Kier alpha value is -4.58. The fourth-order valence-electron chi connectivity index (χ4n) is 3.71. The first-order valence-corrected chi connectivity index (χ1v) is 11.5. The molecule has 0 atom stereocenters. The van der Waals surface area contributed by atoms with E-state index >= 15 is 0 Å². The van der Waals surface area contributed by atoms with Gasteiger partial charge in [0.15, 0.2) is 5.82 Å². The third-order valence-corrected chi connectivity index (χ3v) is 5.49. The Morgan fingerprint density at radius 3 is 1.97 bits per heavy atom. The Bertz CT molecular complexity index is 1370. The summed E-state index contributed by atoms with van der Waals surface area (Å²) in [4.78, 5) is 4.64. The van der Waals surface area contributed by atoms with Crippen molar-refractivity contribution in [3.05, 3.63) is 120 Å². The summed E-state index contributed by atoms with van der Waals surface area (Å²) in [6.45, 7) is 0.821. The molecule has 0 aliphatic carbocycles. The van der Waals surface area contributed by atoms with Gasteiger partial charge < -0.3 is 14.8 Å². The molecular weight excluding hydrogens is 436 g/mol. The van der Waals surface area contributed by atoms with Crippen LogP contribution < -0.4 is 14.8 Å². The van der Waals surface area contributed by atoms with E-state index in [2.05, 4.69) is 27.5 Å². The molecule has 0 aliphatic heterocycles. The van der Waals surface area contributed by atoms with Gasteiger partial charge in [0.1, 0.15) is 18.9 Å². The number of aromatic nitrogens is 3. The molecule has 2 aromatic heterocycles. The summed E-state index contributed by atoms with van der Waals surface area (Å²) >= 11 is 0. The molecule has 0 saturated heterocycles. The van der Waals surface area contributed by atoms with Crippen molar-refractivity contribution in [3.63, 3.8) is 0 Å². The summed E-state index contributed by atoms with van der Waals surface area (Å²) in [5.41, 5.74) is 4.95. The molecule has 5 aromatic rings. The predicted molar refractivity (Wildman–Crippen MR) is 138 cm³/mol. The fourth-order valence-corrected chi connectivity index (χ4v) is 3.71. The number of nitrogens with one attached hydrogen (secondary N) is 1. The molecule has 35 heavy (non-hydrogen) atoms. The van der Waals surface area contributed by atoms with Crippen LogP contribution in [0.1, 0.15) is 11.1 Å². The van der Waals surface area contributed by atoms with E-state index in [1.54, 1.807) is 0 Å². The molecule has 2 heterocycles. The molecule has 0 saturated carbocycles. The molecule has 0 unspecified atom stereocenters. The highest BCUT2D eigenvalue weighted by molar-refractivity contribution is 5.68. The smallest absolute Gasteiger partial charge is 0.241 e. The first kappa shape index (κ1) is 22.2. The first-order valence-electron chi connectivity index (χ1n) is 11.5. The zero-order chi connectivity index (χ0) is 23.9. The third kappa shape index (κ3) is 5.68. The van der Waals surface area contributed by atoms with Crippen molar-refractivity contribution in [1.29, 1.82) is 0 Å². The normalized spacial score (nSPS) is 10.7. The van der Waals surface area contributed by atoms with Gasteiger partial charge in [-0.2, -0.15) is 10.1 Å². The van der Waals surface area contributed by atoms with Crippen molar-refractivity contribution < 1.29 is 9.47 Å². The van der Waals surface area contributed by atoms with Gasteiger partial charge >= 0.3 is 0 Å². The van der Waals surface area contributed by atoms with E-state index in [1.807, 2.05) is 109 Å². The topological polar surface area (TPSA) is 61.2 Å². The number of rotatable bonds is 9. The largest absolute Gasteiger partial charge is 0.473 e. The molecule has 0 amide bonds. The van der Waals surface area contributed by atoms with Crippen LogP contribution in [0, 0.1) is 0 Å². The van der Waals surface area contributed by atoms with Crippen LogP contribution in [0.2, 0.25) is 0 Å². The van der Waals surface area contributed by atoms with Crippen molar-refractivity contribution in [3.8, 4) is 23.0 Å². The Balaban J connectivity index is 1.38. The van der Waals surface area contributed by atoms with E-state index in [-0.39, 0.29) is 0 Å². The van der Waals surface area contributed by atoms with E-state index in [0.717, 1.165) is 22.4 Å². The second-order valence-corrected chi connectivity index (χ2v) is 8.08. The number of aryl methyl sites for hydroxylation is 1.